The van der Waals surface area contributed by atoms with E-state index in [0.29, 0.717) is 36.0 Å². The second kappa shape index (κ2) is 9.73. The van der Waals surface area contributed by atoms with Gasteiger partial charge in [0, 0.05) is 32.7 Å². The number of nitrogens with zero attached hydrogens (tertiary/aromatic N) is 4. The van der Waals surface area contributed by atoms with Crippen LogP contribution in [0.3, 0.4) is 0 Å². The number of amides is 1. The molecule has 0 N–H and O–H groups in total. The monoisotopic (exact) mass is 496 g/mol. The molecule has 1 aliphatic carbocycles. The number of rotatable bonds is 9. The molecule has 1 fully saturated rings. The molecular formula is C26H32N4O4S. The normalized spacial score (nSPS) is 13.6. The molecule has 1 aromatic heterocycles. The fraction of sp³-hybridized carbons (Fsp3) is 0.385. The molecule has 1 heterocycles. The number of carbonyl (C=O) groups excluding carboxylic acids is 1. The topological polar surface area (TPSA) is 84.6 Å². The molecule has 4 rings (SSSR count). The van der Waals surface area contributed by atoms with Crippen LogP contribution in [0.1, 0.15) is 42.2 Å². The quantitative estimate of drug-likeness (QED) is 0.453. The van der Waals surface area contributed by atoms with E-state index in [1.165, 1.54) is 23.9 Å². The second-order valence-corrected chi connectivity index (χ2v) is 11.1. The number of benzene rings is 2. The highest BCUT2D eigenvalue weighted by Crippen LogP contribution is 2.30. The van der Waals surface area contributed by atoms with Crippen LogP contribution >= 0.6 is 0 Å². The zero-order valence-corrected chi connectivity index (χ0v) is 21.5. The van der Waals surface area contributed by atoms with Crippen LogP contribution in [0.2, 0.25) is 0 Å². The minimum absolute atomic E-state index is 0.0253. The third kappa shape index (κ3) is 4.77. The minimum atomic E-state index is -4.09. The summed E-state index contributed by atoms with van der Waals surface area (Å²) in [5.74, 6) is 0.372. The molecule has 0 atom stereocenters. The van der Waals surface area contributed by atoms with E-state index in [2.05, 4.69) is 0 Å². The zero-order chi connectivity index (χ0) is 25.3. The molecule has 0 saturated heterocycles. The maximum absolute atomic E-state index is 13.6. The van der Waals surface area contributed by atoms with Crippen LogP contribution in [-0.4, -0.2) is 48.7 Å². The van der Waals surface area contributed by atoms with Gasteiger partial charge in [0.15, 0.2) is 0 Å². The van der Waals surface area contributed by atoms with Crippen molar-refractivity contribution in [3.05, 3.63) is 76.2 Å². The third-order valence-corrected chi connectivity index (χ3v) is 8.29. The van der Waals surface area contributed by atoms with Crippen molar-refractivity contribution in [2.75, 3.05) is 24.4 Å². The van der Waals surface area contributed by atoms with Gasteiger partial charge in [0.05, 0.1) is 16.3 Å². The molecule has 9 heteroatoms. The Morgan fingerprint density at radius 3 is 2.40 bits per heavy atom. The summed E-state index contributed by atoms with van der Waals surface area (Å²) < 4.78 is 31.3. The molecule has 1 saturated carbocycles. The molecule has 0 bridgehead atoms. The number of anilines is 1. The summed E-state index contributed by atoms with van der Waals surface area (Å²) in [5, 5.41) is 0. The van der Waals surface area contributed by atoms with E-state index in [0.717, 1.165) is 23.6 Å². The summed E-state index contributed by atoms with van der Waals surface area (Å²) in [6.45, 7) is 5.07. The smallest absolute Gasteiger partial charge is 0.296 e. The molecule has 0 aliphatic heterocycles. The fourth-order valence-electron chi connectivity index (χ4n) is 4.32. The molecule has 0 unspecified atom stereocenters. The first-order valence-corrected chi connectivity index (χ1v) is 13.3. The fourth-order valence-corrected chi connectivity index (χ4v) is 5.62. The van der Waals surface area contributed by atoms with Crippen molar-refractivity contribution in [1.29, 1.82) is 0 Å². The Morgan fingerprint density at radius 1 is 1.09 bits per heavy atom. The summed E-state index contributed by atoms with van der Waals surface area (Å²) in [7, 11) is -1.000. The summed E-state index contributed by atoms with van der Waals surface area (Å²) >= 11 is 0. The molecule has 2 aromatic carbocycles. The van der Waals surface area contributed by atoms with E-state index in [4.69, 9.17) is 0 Å². The lowest BCUT2D eigenvalue weighted by molar-refractivity contribution is 0.0747. The zero-order valence-electron chi connectivity index (χ0n) is 20.6. The summed E-state index contributed by atoms with van der Waals surface area (Å²) in [4.78, 5) is 28.3. The van der Waals surface area contributed by atoms with Gasteiger partial charge in [0.25, 0.3) is 21.5 Å². The molecule has 3 aromatic rings. The van der Waals surface area contributed by atoms with Gasteiger partial charge in [0.2, 0.25) is 0 Å². The van der Waals surface area contributed by atoms with Crippen LogP contribution in [0.25, 0.3) is 5.69 Å². The van der Waals surface area contributed by atoms with Gasteiger partial charge in [-0.05, 0) is 62.4 Å². The molecule has 1 amide bonds. The minimum Gasteiger partial charge on any atom is -0.338 e. The number of hydrogen-bond donors (Lipinski definition) is 0. The third-order valence-electron chi connectivity index (χ3n) is 6.53. The van der Waals surface area contributed by atoms with Crippen LogP contribution in [0.15, 0.2) is 64.3 Å². The average molecular weight is 497 g/mol. The van der Waals surface area contributed by atoms with Crippen LogP contribution in [0, 0.1) is 12.8 Å². The highest BCUT2D eigenvalue weighted by molar-refractivity contribution is 7.92. The maximum atomic E-state index is 13.6. The van der Waals surface area contributed by atoms with Gasteiger partial charge in [-0.2, -0.15) is 0 Å². The molecule has 35 heavy (non-hydrogen) atoms. The SMILES string of the molecule is CCCN(CC1CC1)C(=O)c1cccc(S(=O)(=O)N(C)c2c(C)n(C)n(-c3ccccc3)c2=O)c1. The Bertz CT molecular complexity index is 1390. The van der Waals surface area contributed by atoms with Crippen molar-refractivity contribution in [3.8, 4) is 5.69 Å². The van der Waals surface area contributed by atoms with Crippen molar-refractivity contribution in [2.45, 2.75) is 38.0 Å². The first kappa shape index (κ1) is 24.8. The van der Waals surface area contributed by atoms with E-state index in [9.17, 15) is 18.0 Å². The van der Waals surface area contributed by atoms with E-state index >= 15 is 0 Å². The van der Waals surface area contributed by atoms with Gasteiger partial charge in [-0.1, -0.05) is 31.2 Å². The number of carbonyl (C=O) groups is 1. The molecule has 186 valence electrons. The molecular weight excluding hydrogens is 464 g/mol. The van der Waals surface area contributed by atoms with Gasteiger partial charge in [-0.3, -0.25) is 18.6 Å². The van der Waals surface area contributed by atoms with E-state index in [1.807, 2.05) is 30.0 Å². The van der Waals surface area contributed by atoms with Gasteiger partial charge >= 0.3 is 0 Å². The Morgan fingerprint density at radius 2 is 1.77 bits per heavy atom. The Kier molecular flexibility index (Phi) is 6.89. The van der Waals surface area contributed by atoms with Gasteiger partial charge in [-0.15, -0.1) is 0 Å². The van der Waals surface area contributed by atoms with Crippen molar-refractivity contribution >= 4 is 21.6 Å². The Labute approximate surface area is 206 Å². The standard InChI is InChI=1S/C26H32N4O4S/c1-5-16-29(18-20-14-15-20)25(31)21-10-9-13-23(17-21)35(33,34)28(4)24-19(2)27(3)30(26(24)32)22-11-7-6-8-12-22/h6-13,17,20H,5,14-16,18H2,1-4H3. The van der Waals surface area contributed by atoms with E-state index < -0.39 is 15.6 Å². The van der Waals surface area contributed by atoms with Gasteiger partial charge in [0.1, 0.15) is 5.69 Å². The van der Waals surface area contributed by atoms with E-state index in [1.54, 1.807) is 42.9 Å². The van der Waals surface area contributed by atoms with Crippen LogP contribution < -0.4 is 9.86 Å². The lowest BCUT2D eigenvalue weighted by atomic mass is 10.2. The lowest BCUT2D eigenvalue weighted by Crippen LogP contribution is -2.34. The summed E-state index contributed by atoms with van der Waals surface area (Å²) in [6.07, 6.45) is 3.09. The Balaban J connectivity index is 1.69. The molecule has 0 spiro atoms. The first-order valence-electron chi connectivity index (χ1n) is 11.9. The largest absolute Gasteiger partial charge is 0.338 e. The van der Waals surface area contributed by atoms with Crippen LogP contribution in [0.5, 0.6) is 0 Å². The molecule has 8 nitrogen and oxygen atoms in total. The van der Waals surface area contributed by atoms with Crippen molar-refractivity contribution in [1.82, 2.24) is 14.3 Å². The number of para-hydroxylation sites is 1. The van der Waals surface area contributed by atoms with Crippen LogP contribution in [-0.2, 0) is 17.1 Å². The van der Waals surface area contributed by atoms with Crippen molar-refractivity contribution < 1.29 is 13.2 Å². The van der Waals surface area contributed by atoms with Crippen molar-refractivity contribution in [3.63, 3.8) is 0 Å². The Hall–Kier alpha value is -3.33. The van der Waals surface area contributed by atoms with Crippen molar-refractivity contribution in [2.24, 2.45) is 13.0 Å². The number of sulfonamides is 1. The number of hydrogen-bond acceptors (Lipinski definition) is 4. The van der Waals surface area contributed by atoms with Gasteiger partial charge < -0.3 is 4.90 Å². The predicted octanol–water partition coefficient (Wildman–Crippen LogP) is 3.57. The average Bonchev–Trinajstić information content (AvgIpc) is 3.64. The summed E-state index contributed by atoms with van der Waals surface area (Å²) in [5.41, 5.74) is 1.11. The number of aromatic nitrogens is 2. The van der Waals surface area contributed by atoms with Crippen LogP contribution in [0.4, 0.5) is 5.69 Å². The maximum Gasteiger partial charge on any atom is 0.296 e. The lowest BCUT2D eigenvalue weighted by Gasteiger charge is -2.23. The predicted molar refractivity (Wildman–Crippen MR) is 137 cm³/mol. The second-order valence-electron chi connectivity index (χ2n) is 9.11. The van der Waals surface area contributed by atoms with Gasteiger partial charge in [-0.25, -0.2) is 13.1 Å². The molecule has 0 radical (unpaired) electrons. The first-order chi connectivity index (χ1) is 16.7. The highest BCUT2D eigenvalue weighted by Gasteiger charge is 2.30. The highest BCUT2D eigenvalue weighted by atomic mass is 32.2. The summed E-state index contributed by atoms with van der Waals surface area (Å²) in [6, 6.07) is 15.2. The molecule has 1 aliphatic rings. The van der Waals surface area contributed by atoms with E-state index in [-0.39, 0.29) is 16.5 Å².